The maximum Gasteiger partial charge on any atom is 0.277 e. The Hall–Kier alpha value is -4.10. The minimum atomic E-state index is -0.366. The second-order valence-electron chi connectivity index (χ2n) is 7.17. The van der Waals surface area contributed by atoms with Crippen molar-refractivity contribution in [3.05, 3.63) is 128 Å². The Morgan fingerprint density at radius 2 is 1.00 bits per heavy atom. The van der Waals surface area contributed by atoms with Gasteiger partial charge in [0, 0.05) is 22.0 Å². The molecule has 0 saturated heterocycles. The molecule has 0 aliphatic carbocycles. The van der Waals surface area contributed by atoms with Gasteiger partial charge in [0.15, 0.2) is 0 Å². The summed E-state index contributed by atoms with van der Waals surface area (Å²) in [7, 11) is 0. The molecule has 0 saturated carbocycles. The van der Waals surface area contributed by atoms with Crippen LogP contribution in [0.15, 0.2) is 108 Å². The molecule has 0 radical (unpaired) electrons. The molecule has 0 heterocycles. The fourth-order valence-electron chi connectivity index (χ4n) is 3.74. The highest BCUT2D eigenvalue weighted by Crippen LogP contribution is 2.33. The third kappa shape index (κ3) is 4.58. The van der Waals surface area contributed by atoms with Gasteiger partial charge in [0.2, 0.25) is 0 Å². The summed E-state index contributed by atoms with van der Waals surface area (Å²) in [5.74, 6) is 0. The summed E-state index contributed by atoms with van der Waals surface area (Å²) in [6, 6.07) is 31.2. The van der Waals surface area contributed by atoms with E-state index in [1.807, 2.05) is 60.7 Å². The molecule has 6 nitrogen and oxygen atoms in total. The SMILES string of the molecule is O=[N+]([O-])c1cccc2c(-c3ccccc3)cccc12.O=[N+]([O-])c1cccc2c(Br)cccc12. The first-order chi connectivity index (χ1) is 16.0. The summed E-state index contributed by atoms with van der Waals surface area (Å²) >= 11 is 3.36. The lowest BCUT2D eigenvalue weighted by atomic mass is 9.97. The highest BCUT2D eigenvalue weighted by molar-refractivity contribution is 9.10. The first-order valence-electron chi connectivity index (χ1n) is 10.0. The van der Waals surface area contributed by atoms with Gasteiger partial charge in [0.25, 0.3) is 11.4 Å². The third-order valence-electron chi connectivity index (χ3n) is 5.22. The topological polar surface area (TPSA) is 86.3 Å². The van der Waals surface area contributed by atoms with Crippen LogP contribution in [0.5, 0.6) is 0 Å². The molecule has 0 aliphatic heterocycles. The van der Waals surface area contributed by atoms with Crippen molar-refractivity contribution in [1.82, 2.24) is 0 Å². The molecule has 5 rings (SSSR count). The van der Waals surface area contributed by atoms with Gasteiger partial charge < -0.3 is 0 Å². The Kier molecular flexibility index (Phi) is 6.42. The molecule has 7 heteroatoms. The lowest BCUT2D eigenvalue weighted by Crippen LogP contribution is -1.90. The van der Waals surface area contributed by atoms with Gasteiger partial charge in [-0.1, -0.05) is 88.7 Å². The molecule has 0 bridgehead atoms. The lowest BCUT2D eigenvalue weighted by molar-refractivity contribution is -0.383. The standard InChI is InChI=1S/C16H11NO2.C10H6BrNO2/c18-17(19)16-11-5-9-14-13(8-4-10-15(14)16)12-6-2-1-3-7-12;11-9-5-1-4-8-7(9)3-2-6-10(8)12(13)14/h1-11H;1-6H. The molecule has 162 valence electrons. The lowest BCUT2D eigenvalue weighted by Gasteiger charge is -2.06. The van der Waals surface area contributed by atoms with Gasteiger partial charge in [-0.25, -0.2) is 0 Å². The number of non-ortho nitro benzene ring substituents is 2. The zero-order valence-corrected chi connectivity index (χ0v) is 18.8. The molecule has 5 aromatic rings. The summed E-state index contributed by atoms with van der Waals surface area (Å²) in [5, 5.41) is 24.9. The summed E-state index contributed by atoms with van der Waals surface area (Å²) in [6.07, 6.45) is 0. The Morgan fingerprint density at radius 1 is 0.515 bits per heavy atom. The van der Waals surface area contributed by atoms with Gasteiger partial charge in [-0.3, -0.25) is 20.2 Å². The van der Waals surface area contributed by atoms with Crippen LogP contribution in [0.3, 0.4) is 0 Å². The van der Waals surface area contributed by atoms with E-state index in [2.05, 4.69) is 15.9 Å². The summed E-state index contributed by atoms with van der Waals surface area (Å²) in [4.78, 5) is 21.1. The minimum Gasteiger partial charge on any atom is -0.258 e. The molecule has 0 amide bonds. The van der Waals surface area contributed by atoms with Crippen LogP contribution >= 0.6 is 15.9 Å². The quantitative estimate of drug-likeness (QED) is 0.186. The van der Waals surface area contributed by atoms with Crippen LogP contribution in [-0.4, -0.2) is 9.85 Å². The third-order valence-corrected chi connectivity index (χ3v) is 5.91. The van der Waals surface area contributed by atoms with Gasteiger partial charge in [-0.05, 0) is 34.7 Å². The van der Waals surface area contributed by atoms with Gasteiger partial charge in [-0.2, -0.15) is 0 Å². The zero-order chi connectivity index (χ0) is 23.4. The highest BCUT2D eigenvalue weighted by atomic mass is 79.9. The monoisotopic (exact) mass is 500 g/mol. The second kappa shape index (κ2) is 9.58. The number of nitrogens with zero attached hydrogens (tertiary/aromatic N) is 2. The van der Waals surface area contributed by atoms with E-state index in [0.29, 0.717) is 10.8 Å². The van der Waals surface area contributed by atoms with E-state index in [1.165, 1.54) is 12.1 Å². The van der Waals surface area contributed by atoms with E-state index in [0.717, 1.165) is 26.4 Å². The molecular formula is C26H17BrN2O4. The Bertz CT molecular complexity index is 1490. The van der Waals surface area contributed by atoms with Crippen LogP contribution in [0.25, 0.3) is 32.7 Å². The van der Waals surface area contributed by atoms with Crippen LogP contribution in [0, 0.1) is 20.2 Å². The van der Waals surface area contributed by atoms with Gasteiger partial charge >= 0.3 is 0 Å². The van der Waals surface area contributed by atoms with Gasteiger partial charge in [-0.15, -0.1) is 0 Å². The first-order valence-corrected chi connectivity index (χ1v) is 10.8. The van der Waals surface area contributed by atoms with E-state index in [1.54, 1.807) is 30.3 Å². The first kappa shape index (κ1) is 22.1. The number of nitro groups is 2. The van der Waals surface area contributed by atoms with E-state index in [-0.39, 0.29) is 21.2 Å². The summed E-state index contributed by atoms with van der Waals surface area (Å²) in [5.41, 5.74) is 2.37. The number of rotatable bonds is 3. The Labute approximate surface area is 197 Å². The largest absolute Gasteiger partial charge is 0.277 e. The summed E-state index contributed by atoms with van der Waals surface area (Å²) < 4.78 is 0.874. The van der Waals surface area contributed by atoms with Crippen molar-refractivity contribution >= 4 is 48.8 Å². The van der Waals surface area contributed by atoms with E-state index >= 15 is 0 Å². The number of benzene rings is 5. The fraction of sp³-hybridized carbons (Fsp3) is 0. The molecule has 0 unspecified atom stereocenters. The molecular weight excluding hydrogens is 484 g/mol. The van der Waals surface area contributed by atoms with E-state index in [4.69, 9.17) is 0 Å². The van der Waals surface area contributed by atoms with Crippen molar-refractivity contribution in [3.8, 4) is 11.1 Å². The molecule has 0 spiro atoms. The van der Waals surface area contributed by atoms with Crippen molar-refractivity contribution in [2.75, 3.05) is 0 Å². The van der Waals surface area contributed by atoms with Crippen LogP contribution in [0.1, 0.15) is 0 Å². The van der Waals surface area contributed by atoms with Crippen LogP contribution < -0.4 is 0 Å². The number of hydrogen-bond acceptors (Lipinski definition) is 4. The van der Waals surface area contributed by atoms with Crippen molar-refractivity contribution < 1.29 is 9.85 Å². The van der Waals surface area contributed by atoms with Gasteiger partial charge in [0.1, 0.15) is 0 Å². The van der Waals surface area contributed by atoms with Crippen molar-refractivity contribution in [2.24, 2.45) is 0 Å². The Balaban J connectivity index is 0.000000165. The highest BCUT2D eigenvalue weighted by Gasteiger charge is 2.13. The maximum atomic E-state index is 11.1. The molecule has 0 fully saturated rings. The predicted molar refractivity (Wildman–Crippen MR) is 134 cm³/mol. The molecule has 0 atom stereocenters. The zero-order valence-electron chi connectivity index (χ0n) is 17.2. The van der Waals surface area contributed by atoms with E-state index in [9.17, 15) is 20.2 Å². The number of nitro benzene ring substituents is 2. The molecule has 0 aliphatic rings. The number of fused-ring (bicyclic) bond motifs is 2. The number of hydrogen-bond donors (Lipinski definition) is 0. The Morgan fingerprint density at radius 3 is 1.61 bits per heavy atom. The second-order valence-corrected chi connectivity index (χ2v) is 8.02. The maximum absolute atomic E-state index is 11.1. The molecule has 33 heavy (non-hydrogen) atoms. The summed E-state index contributed by atoms with van der Waals surface area (Å²) in [6.45, 7) is 0. The van der Waals surface area contributed by atoms with Crippen molar-refractivity contribution in [2.45, 2.75) is 0 Å². The van der Waals surface area contributed by atoms with Crippen molar-refractivity contribution in [1.29, 1.82) is 0 Å². The van der Waals surface area contributed by atoms with Crippen molar-refractivity contribution in [3.63, 3.8) is 0 Å². The van der Waals surface area contributed by atoms with Gasteiger partial charge in [0.05, 0.1) is 20.6 Å². The van der Waals surface area contributed by atoms with Crippen LogP contribution in [-0.2, 0) is 0 Å². The molecule has 5 aromatic carbocycles. The van der Waals surface area contributed by atoms with E-state index < -0.39 is 0 Å². The minimum absolute atomic E-state index is 0.142. The average Bonchev–Trinajstić information content (AvgIpc) is 2.84. The molecule has 0 N–H and O–H groups in total. The fourth-order valence-corrected chi connectivity index (χ4v) is 4.23. The predicted octanol–water partition coefficient (Wildman–Crippen LogP) is 7.93. The average molecular weight is 501 g/mol. The van der Waals surface area contributed by atoms with Crippen LogP contribution in [0.2, 0.25) is 0 Å². The normalized spacial score (nSPS) is 10.5. The number of halogens is 1. The molecule has 0 aromatic heterocycles. The van der Waals surface area contributed by atoms with Crippen LogP contribution in [0.4, 0.5) is 11.4 Å². The smallest absolute Gasteiger partial charge is 0.258 e.